The van der Waals surface area contributed by atoms with E-state index in [9.17, 15) is 18.0 Å². The van der Waals surface area contributed by atoms with Gasteiger partial charge in [-0.25, -0.2) is 4.79 Å². The smallest absolute Gasteiger partial charge is 0.416 e. The van der Waals surface area contributed by atoms with Crippen molar-refractivity contribution in [3.63, 3.8) is 0 Å². The molecule has 0 spiro atoms. The van der Waals surface area contributed by atoms with Crippen molar-refractivity contribution in [2.75, 3.05) is 0 Å². The first kappa shape index (κ1) is 13.1. The van der Waals surface area contributed by atoms with Gasteiger partial charge in [0, 0.05) is 0 Å². The van der Waals surface area contributed by atoms with Gasteiger partial charge in [0.25, 0.3) is 0 Å². The summed E-state index contributed by atoms with van der Waals surface area (Å²) in [6.07, 6.45) is -0.282. The SMILES string of the molecule is C#CC(C)OC(=O)c1cccc(C(F)(F)F)c1. The Kier molecular flexibility index (Phi) is 3.79. The lowest BCUT2D eigenvalue weighted by molar-refractivity contribution is -0.137. The van der Waals surface area contributed by atoms with E-state index in [0.717, 1.165) is 18.2 Å². The molecule has 0 saturated heterocycles. The summed E-state index contributed by atoms with van der Waals surface area (Å²) in [7, 11) is 0. The van der Waals surface area contributed by atoms with E-state index in [1.54, 1.807) is 0 Å². The Morgan fingerprint density at radius 3 is 2.65 bits per heavy atom. The third kappa shape index (κ3) is 3.52. The van der Waals surface area contributed by atoms with E-state index in [1.807, 2.05) is 0 Å². The quantitative estimate of drug-likeness (QED) is 0.588. The number of ether oxygens (including phenoxy) is 1. The molecule has 2 nitrogen and oxygen atoms in total. The van der Waals surface area contributed by atoms with Crippen molar-refractivity contribution < 1.29 is 22.7 Å². The number of hydrogen-bond acceptors (Lipinski definition) is 2. The fraction of sp³-hybridized carbons (Fsp3) is 0.250. The van der Waals surface area contributed by atoms with Crippen LogP contribution in [0.25, 0.3) is 0 Å². The predicted molar refractivity (Wildman–Crippen MR) is 55.2 cm³/mol. The van der Waals surface area contributed by atoms with E-state index in [2.05, 4.69) is 5.92 Å². The molecule has 1 unspecified atom stereocenters. The van der Waals surface area contributed by atoms with Gasteiger partial charge in [-0.3, -0.25) is 0 Å². The zero-order valence-corrected chi connectivity index (χ0v) is 8.91. The largest absolute Gasteiger partial charge is 0.446 e. The number of carbonyl (C=O) groups is 1. The van der Waals surface area contributed by atoms with Crippen LogP contribution in [0, 0.1) is 12.3 Å². The molecule has 1 aromatic carbocycles. The summed E-state index contributed by atoms with van der Waals surface area (Å²) in [6, 6.07) is 3.98. The molecule has 0 amide bonds. The van der Waals surface area contributed by atoms with Crippen molar-refractivity contribution in [3.05, 3.63) is 35.4 Å². The molecule has 0 radical (unpaired) electrons. The molecule has 0 bridgehead atoms. The van der Waals surface area contributed by atoms with E-state index < -0.39 is 23.8 Å². The van der Waals surface area contributed by atoms with Gasteiger partial charge >= 0.3 is 12.1 Å². The highest BCUT2D eigenvalue weighted by atomic mass is 19.4. The summed E-state index contributed by atoms with van der Waals surface area (Å²) in [5, 5.41) is 0. The normalized spacial score (nSPS) is 12.6. The van der Waals surface area contributed by atoms with Crippen LogP contribution < -0.4 is 0 Å². The average molecular weight is 242 g/mol. The van der Waals surface area contributed by atoms with Crippen molar-refractivity contribution in [2.45, 2.75) is 19.2 Å². The summed E-state index contributed by atoms with van der Waals surface area (Å²) in [5.74, 6) is 1.27. The summed E-state index contributed by atoms with van der Waals surface area (Å²) in [4.78, 5) is 11.4. The number of rotatable bonds is 2. The number of halogens is 3. The van der Waals surface area contributed by atoms with E-state index in [1.165, 1.54) is 13.0 Å². The maximum atomic E-state index is 12.4. The molecule has 17 heavy (non-hydrogen) atoms. The standard InChI is InChI=1S/C12H9F3O2/c1-3-8(2)17-11(16)9-5-4-6-10(7-9)12(13,14)15/h1,4-8H,2H3. The van der Waals surface area contributed by atoms with Crippen molar-refractivity contribution in [3.8, 4) is 12.3 Å². The molecule has 0 aliphatic rings. The number of esters is 1. The van der Waals surface area contributed by atoms with Crippen LogP contribution in [-0.4, -0.2) is 12.1 Å². The van der Waals surface area contributed by atoms with Gasteiger partial charge in [-0.2, -0.15) is 13.2 Å². The molecule has 1 rings (SSSR count). The van der Waals surface area contributed by atoms with E-state index in [4.69, 9.17) is 11.2 Å². The maximum Gasteiger partial charge on any atom is 0.416 e. The molecule has 5 heteroatoms. The van der Waals surface area contributed by atoms with Crippen molar-refractivity contribution >= 4 is 5.97 Å². The Morgan fingerprint density at radius 2 is 2.12 bits per heavy atom. The Morgan fingerprint density at radius 1 is 1.47 bits per heavy atom. The highest BCUT2D eigenvalue weighted by Crippen LogP contribution is 2.29. The number of benzene rings is 1. The monoisotopic (exact) mass is 242 g/mol. The molecule has 0 fully saturated rings. The first-order valence-electron chi connectivity index (χ1n) is 4.69. The highest BCUT2D eigenvalue weighted by molar-refractivity contribution is 5.89. The highest BCUT2D eigenvalue weighted by Gasteiger charge is 2.31. The molecule has 0 aliphatic carbocycles. The summed E-state index contributed by atoms with van der Waals surface area (Å²) < 4.78 is 41.8. The fourth-order valence-corrected chi connectivity index (χ4v) is 1.09. The molecule has 0 aromatic heterocycles. The minimum absolute atomic E-state index is 0.179. The fourth-order valence-electron chi connectivity index (χ4n) is 1.09. The third-order valence-corrected chi connectivity index (χ3v) is 1.94. The number of hydrogen-bond donors (Lipinski definition) is 0. The Balaban J connectivity index is 2.93. The minimum atomic E-state index is -4.49. The first-order valence-corrected chi connectivity index (χ1v) is 4.69. The Labute approximate surface area is 96.4 Å². The molecule has 0 N–H and O–H groups in total. The van der Waals surface area contributed by atoms with Gasteiger partial charge in [0.05, 0.1) is 11.1 Å². The van der Waals surface area contributed by atoms with Crippen LogP contribution >= 0.6 is 0 Å². The van der Waals surface area contributed by atoms with Gasteiger partial charge in [0.1, 0.15) is 0 Å². The van der Waals surface area contributed by atoms with Crippen LogP contribution in [0.1, 0.15) is 22.8 Å². The molecule has 1 aromatic rings. The van der Waals surface area contributed by atoms with Crippen molar-refractivity contribution in [2.24, 2.45) is 0 Å². The number of alkyl halides is 3. The van der Waals surface area contributed by atoms with Gasteiger partial charge in [-0.15, -0.1) is 6.42 Å². The lowest BCUT2D eigenvalue weighted by Crippen LogP contribution is -2.14. The first-order chi connectivity index (χ1) is 7.84. The van der Waals surface area contributed by atoms with Gasteiger partial charge < -0.3 is 4.74 Å². The van der Waals surface area contributed by atoms with Gasteiger partial charge in [-0.1, -0.05) is 12.0 Å². The number of carbonyl (C=O) groups excluding carboxylic acids is 1. The summed E-state index contributed by atoms with van der Waals surface area (Å²) in [5.41, 5.74) is -1.08. The van der Waals surface area contributed by atoms with Crippen LogP contribution in [0.4, 0.5) is 13.2 Å². The van der Waals surface area contributed by atoms with Crippen LogP contribution in [0.3, 0.4) is 0 Å². The average Bonchev–Trinajstić information content (AvgIpc) is 2.28. The second-order valence-electron chi connectivity index (χ2n) is 3.29. The molecule has 0 saturated carbocycles. The Hall–Kier alpha value is -1.96. The van der Waals surface area contributed by atoms with Crippen LogP contribution in [0.15, 0.2) is 24.3 Å². The Bertz CT molecular complexity index is 458. The third-order valence-electron chi connectivity index (χ3n) is 1.94. The predicted octanol–water partition coefficient (Wildman–Crippen LogP) is 2.88. The minimum Gasteiger partial charge on any atom is -0.446 e. The maximum absolute atomic E-state index is 12.4. The van der Waals surface area contributed by atoms with Crippen LogP contribution in [0.5, 0.6) is 0 Å². The lowest BCUT2D eigenvalue weighted by Gasteiger charge is -2.10. The molecule has 0 heterocycles. The van der Waals surface area contributed by atoms with Crippen LogP contribution in [-0.2, 0) is 10.9 Å². The van der Waals surface area contributed by atoms with E-state index >= 15 is 0 Å². The van der Waals surface area contributed by atoms with Gasteiger partial charge in [0.15, 0.2) is 6.10 Å². The van der Waals surface area contributed by atoms with Gasteiger partial charge in [-0.05, 0) is 25.1 Å². The van der Waals surface area contributed by atoms with E-state index in [0.29, 0.717) is 0 Å². The lowest BCUT2D eigenvalue weighted by atomic mass is 10.1. The molecule has 90 valence electrons. The van der Waals surface area contributed by atoms with Crippen molar-refractivity contribution in [1.29, 1.82) is 0 Å². The summed E-state index contributed by atoms with van der Waals surface area (Å²) in [6.45, 7) is 1.45. The number of terminal acetylenes is 1. The topological polar surface area (TPSA) is 26.3 Å². The van der Waals surface area contributed by atoms with Crippen LogP contribution in [0.2, 0.25) is 0 Å². The molecule has 0 aliphatic heterocycles. The second-order valence-corrected chi connectivity index (χ2v) is 3.29. The zero-order valence-electron chi connectivity index (χ0n) is 8.91. The van der Waals surface area contributed by atoms with E-state index in [-0.39, 0.29) is 5.56 Å². The zero-order chi connectivity index (χ0) is 13.1. The van der Waals surface area contributed by atoms with Crippen molar-refractivity contribution in [1.82, 2.24) is 0 Å². The molecular formula is C12H9F3O2. The summed E-state index contributed by atoms with van der Waals surface area (Å²) >= 11 is 0. The second kappa shape index (κ2) is 4.91. The molecular weight excluding hydrogens is 233 g/mol. The van der Waals surface area contributed by atoms with Gasteiger partial charge in [0.2, 0.25) is 0 Å². The molecule has 1 atom stereocenters.